The van der Waals surface area contributed by atoms with Crippen molar-refractivity contribution in [2.75, 3.05) is 5.43 Å². The van der Waals surface area contributed by atoms with Gasteiger partial charge in [0.1, 0.15) is 0 Å². The second-order valence-electron chi connectivity index (χ2n) is 4.67. The Labute approximate surface area is 106 Å². The first-order valence-corrected chi connectivity index (χ1v) is 5.87. The van der Waals surface area contributed by atoms with E-state index in [0.29, 0.717) is 5.92 Å². The predicted molar refractivity (Wildman–Crippen MR) is 68.4 cm³/mol. The number of aromatic nitrogens is 1. The molecule has 0 aliphatic heterocycles. The van der Waals surface area contributed by atoms with Gasteiger partial charge >= 0.3 is 0 Å². The van der Waals surface area contributed by atoms with Gasteiger partial charge in [0.2, 0.25) is 0 Å². The fourth-order valence-corrected chi connectivity index (χ4v) is 1.79. The maximum absolute atomic E-state index is 13.8. The molecule has 1 unspecified atom stereocenters. The van der Waals surface area contributed by atoms with Crippen LogP contribution in [0.15, 0.2) is 12.3 Å². The van der Waals surface area contributed by atoms with E-state index in [4.69, 9.17) is 5.84 Å². The maximum atomic E-state index is 13.8. The predicted octanol–water partition coefficient (Wildman–Crippen LogP) is 1.67. The Morgan fingerprint density at radius 2 is 2.17 bits per heavy atom. The van der Waals surface area contributed by atoms with Crippen molar-refractivity contribution in [3.63, 3.8) is 0 Å². The number of nitrogens with one attached hydrogen (secondary N) is 2. The zero-order valence-electron chi connectivity index (χ0n) is 10.8. The van der Waals surface area contributed by atoms with E-state index in [1.54, 1.807) is 0 Å². The summed E-state index contributed by atoms with van der Waals surface area (Å²) in [5.74, 6) is 4.22. The number of hydrazine groups is 1. The zero-order valence-corrected chi connectivity index (χ0v) is 10.8. The van der Waals surface area contributed by atoms with Gasteiger partial charge in [-0.25, -0.2) is 15.2 Å². The number of nitrogens with zero attached hydrogens (tertiary/aromatic N) is 1. The SMILES string of the molecule is CC(C)CC(C)NC(=O)c1ccnc(NN)c1F. The van der Waals surface area contributed by atoms with Crippen molar-refractivity contribution in [3.05, 3.63) is 23.6 Å². The molecule has 1 heterocycles. The molecule has 0 radical (unpaired) electrons. The molecule has 0 aliphatic carbocycles. The molecule has 18 heavy (non-hydrogen) atoms. The standard InChI is InChI=1S/C12H19FN4O/c1-7(2)6-8(3)16-12(18)9-4-5-15-11(17-14)10(9)13/h4-5,7-8H,6,14H2,1-3H3,(H,15,17)(H,16,18). The van der Waals surface area contributed by atoms with Crippen LogP contribution < -0.4 is 16.6 Å². The molecule has 5 nitrogen and oxygen atoms in total. The lowest BCUT2D eigenvalue weighted by Gasteiger charge is -2.16. The summed E-state index contributed by atoms with van der Waals surface area (Å²) in [7, 11) is 0. The van der Waals surface area contributed by atoms with E-state index in [1.807, 2.05) is 6.92 Å². The van der Waals surface area contributed by atoms with Gasteiger partial charge in [0.05, 0.1) is 5.56 Å². The van der Waals surface area contributed by atoms with Gasteiger partial charge in [0.15, 0.2) is 11.6 Å². The number of amides is 1. The molecular formula is C12H19FN4O. The lowest BCUT2D eigenvalue weighted by atomic mass is 10.0. The van der Waals surface area contributed by atoms with Gasteiger partial charge in [-0.1, -0.05) is 13.8 Å². The Balaban J connectivity index is 2.78. The number of halogens is 1. The molecule has 4 N–H and O–H groups in total. The summed E-state index contributed by atoms with van der Waals surface area (Å²) in [5.41, 5.74) is 2.05. The van der Waals surface area contributed by atoms with Crippen LogP contribution >= 0.6 is 0 Å². The average molecular weight is 254 g/mol. The first-order valence-electron chi connectivity index (χ1n) is 5.87. The third-order valence-corrected chi connectivity index (χ3v) is 2.47. The van der Waals surface area contributed by atoms with Crippen LogP contribution in [-0.4, -0.2) is 16.9 Å². The zero-order chi connectivity index (χ0) is 13.7. The van der Waals surface area contributed by atoms with Crippen molar-refractivity contribution >= 4 is 11.7 Å². The number of hydrogen-bond donors (Lipinski definition) is 3. The molecule has 1 atom stereocenters. The number of carbonyl (C=O) groups is 1. The van der Waals surface area contributed by atoms with Crippen LogP contribution in [0.2, 0.25) is 0 Å². The molecule has 0 saturated carbocycles. The van der Waals surface area contributed by atoms with Crippen LogP contribution in [0.5, 0.6) is 0 Å². The molecule has 0 spiro atoms. The topological polar surface area (TPSA) is 80.0 Å². The van der Waals surface area contributed by atoms with Crippen molar-refractivity contribution in [1.29, 1.82) is 0 Å². The van der Waals surface area contributed by atoms with Gasteiger partial charge < -0.3 is 10.7 Å². The van der Waals surface area contributed by atoms with E-state index in [9.17, 15) is 9.18 Å². The second kappa shape index (κ2) is 6.30. The molecule has 6 heteroatoms. The summed E-state index contributed by atoms with van der Waals surface area (Å²) in [6, 6.07) is 1.31. The summed E-state index contributed by atoms with van der Waals surface area (Å²) in [6.45, 7) is 6.01. The largest absolute Gasteiger partial charge is 0.349 e. The lowest BCUT2D eigenvalue weighted by molar-refractivity contribution is 0.0932. The number of carbonyl (C=O) groups excluding carboxylic acids is 1. The molecular weight excluding hydrogens is 235 g/mol. The van der Waals surface area contributed by atoms with E-state index < -0.39 is 11.7 Å². The number of nitrogen functional groups attached to an aromatic ring is 1. The molecule has 0 saturated heterocycles. The van der Waals surface area contributed by atoms with Crippen LogP contribution in [0, 0.1) is 11.7 Å². The molecule has 1 aromatic rings. The maximum Gasteiger partial charge on any atom is 0.254 e. The van der Waals surface area contributed by atoms with E-state index in [2.05, 4.69) is 29.6 Å². The Morgan fingerprint density at radius 3 is 2.72 bits per heavy atom. The molecule has 0 fully saturated rings. The van der Waals surface area contributed by atoms with Crippen LogP contribution in [0.1, 0.15) is 37.6 Å². The van der Waals surface area contributed by atoms with E-state index in [1.165, 1.54) is 12.3 Å². The molecule has 100 valence electrons. The summed E-state index contributed by atoms with van der Waals surface area (Å²) in [5, 5.41) is 2.74. The number of pyridine rings is 1. The molecule has 0 aromatic carbocycles. The fourth-order valence-electron chi connectivity index (χ4n) is 1.79. The summed E-state index contributed by atoms with van der Waals surface area (Å²) in [6.07, 6.45) is 2.17. The van der Waals surface area contributed by atoms with Crippen LogP contribution in [-0.2, 0) is 0 Å². The van der Waals surface area contributed by atoms with Crippen molar-refractivity contribution < 1.29 is 9.18 Å². The normalized spacial score (nSPS) is 12.3. The van der Waals surface area contributed by atoms with Gasteiger partial charge in [0.25, 0.3) is 5.91 Å². The van der Waals surface area contributed by atoms with E-state index in [-0.39, 0.29) is 17.4 Å². The third-order valence-electron chi connectivity index (χ3n) is 2.47. The summed E-state index contributed by atoms with van der Waals surface area (Å²) >= 11 is 0. The minimum Gasteiger partial charge on any atom is -0.349 e. The highest BCUT2D eigenvalue weighted by atomic mass is 19.1. The minimum atomic E-state index is -0.741. The number of nitrogens with two attached hydrogens (primary N) is 1. The minimum absolute atomic E-state index is 0.0145. The monoisotopic (exact) mass is 254 g/mol. The average Bonchev–Trinajstić information content (AvgIpc) is 2.27. The van der Waals surface area contributed by atoms with E-state index >= 15 is 0 Å². The molecule has 1 amide bonds. The first kappa shape index (κ1) is 14.4. The molecule has 1 aromatic heterocycles. The van der Waals surface area contributed by atoms with Gasteiger partial charge in [-0.2, -0.15) is 0 Å². The first-order chi connectivity index (χ1) is 8.45. The number of anilines is 1. The highest BCUT2D eigenvalue weighted by Gasteiger charge is 2.17. The molecule has 0 aliphatic rings. The van der Waals surface area contributed by atoms with Crippen LogP contribution in [0.4, 0.5) is 10.2 Å². The smallest absolute Gasteiger partial charge is 0.254 e. The quantitative estimate of drug-likeness (QED) is 0.551. The van der Waals surface area contributed by atoms with Gasteiger partial charge in [-0.3, -0.25) is 4.79 Å². The van der Waals surface area contributed by atoms with Crippen molar-refractivity contribution in [2.45, 2.75) is 33.2 Å². The Bertz CT molecular complexity index is 423. The number of rotatable bonds is 5. The van der Waals surface area contributed by atoms with Crippen molar-refractivity contribution in [1.82, 2.24) is 10.3 Å². The highest BCUT2D eigenvalue weighted by molar-refractivity contribution is 5.95. The molecule has 1 rings (SSSR count). The van der Waals surface area contributed by atoms with Gasteiger partial charge in [-0.15, -0.1) is 0 Å². The fraction of sp³-hybridized carbons (Fsp3) is 0.500. The summed E-state index contributed by atoms with van der Waals surface area (Å²) in [4.78, 5) is 15.6. The molecule has 0 bridgehead atoms. The van der Waals surface area contributed by atoms with Gasteiger partial charge in [0, 0.05) is 12.2 Å². The Hall–Kier alpha value is -1.69. The Morgan fingerprint density at radius 1 is 1.50 bits per heavy atom. The van der Waals surface area contributed by atoms with Crippen molar-refractivity contribution in [3.8, 4) is 0 Å². The Kier molecular flexibility index (Phi) is 5.03. The summed E-state index contributed by atoms with van der Waals surface area (Å²) < 4.78 is 13.8. The van der Waals surface area contributed by atoms with E-state index in [0.717, 1.165) is 6.42 Å². The van der Waals surface area contributed by atoms with Crippen molar-refractivity contribution in [2.24, 2.45) is 11.8 Å². The van der Waals surface area contributed by atoms with Crippen LogP contribution in [0.3, 0.4) is 0 Å². The second-order valence-corrected chi connectivity index (χ2v) is 4.67. The number of hydrogen-bond acceptors (Lipinski definition) is 4. The lowest BCUT2D eigenvalue weighted by Crippen LogP contribution is -2.34. The van der Waals surface area contributed by atoms with Crippen LogP contribution in [0.25, 0.3) is 0 Å². The third kappa shape index (κ3) is 3.66. The highest BCUT2D eigenvalue weighted by Crippen LogP contribution is 2.14. The van der Waals surface area contributed by atoms with Gasteiger partial charge in [-0.05, 0) is 25.3 Å².